The molecule has 2 aromatic carbocycles. The van der Waals surface area contributed by atoms with Crippen LogP contribution in [0.1, 0.15) is 37.0 Å². The van der Waals surface area contributed by atoms with Crippen LogP contribution in [-0.4, -0.2) is 74.1 Å². The molecule has 4 rings (SSSR count). The van der Waals surface area contributed by atoms with Gasteiger partial charge in [-0.15, -0.1) is 0 Å². The summed E-state index contributed by atoms with van der Waals surface area (Å²) in [5.41, 5.74) is 3.64. The van der Waals surface area contributed by atoms with Gasteiger partial charge in [0.25, 0.3) is 0 Å². The summed E-state index contributed by atoms with van der Waals surface area (Å²) in [7, 11) is 1.75. The molecular formula is C29H42N2O4S. The lowest BCUT2D eigenvalue weighted by molar-refractivity contribution is 0.0155. The van der Waals surface area contributed by atoms with Crippen molar-refractivity contribution in [3.05, 3.63) is 53.1 Å². The van der Waals surface area contributed by atoms with Crippen molar-refractivity contribution < 1.29 is 18.9 Å². The summed E-state index contributed by atoms with van der Waals surface area (Å²) in [6.45, 7) is 14.4. The predicted octanol–water partition coefficient (Wildman–Crippen LogP) is 5.21. The summed E-state index contributed by atoms with van der Waals surface area (Å²) in [6, 6.07) is 12.7. The van der Waals surface area contributed by atoms with Gasteiger partial charge in [-0.05, 0) is 36.1 Å². The van der Waals surface area contributed by atoms with E-state index < -0.39 is 0 Å². The van der Waals surface area contributed by atoms with Crippen molar-refractivity contribution in [3.63, 3.8) is 0 Å². The molecule has 0 N–H and O–H groups in total. The van der Waals surface area contributed by atoms with Gasteiger partial charge in [0.2, 0.25) is 0 Å². The SMILES string of the molecule is COc1ccccc1CN1CCSC(COCN(Cc2cc(C)c3c(c2)OCCCO3)CC(C)C)C1. The largest absolute Gasteiger partial charge is 0.496 e. The number of hydrogen-bond acceptors (Lipinski definition) is 7. The summed E-state index contributed by atoms with van der Waals surface area (Å²) >= 11 is 2.03. The summed E-state index contributed by atoms with van der Waals surface area (Å²) in [6.07, 6.45) is 0.923. The van der Waals surface area contributed by atoms with Crippen LogP contribution in [-0.2, 0) is 17.8 Å². The van der Waals surface area contributed by atoms with Crippen molar-refractivity contribution in [2.24, 2.45) is 5.92 Å². The van der Waals surface area contributed by atoms with E-state index in [2.05, 4.69) is 54.8 Å². The molecule has 2 aromatic rings. The Bertz CT molecular complexity index is 970. The van der Waals surface area contributed by atoms with Crippen molar-refractivity contribution in [2.75, 3.05) is 59.0 Å². The first kappa shape index (κ1) is 27.1. The minimum Gasteiger partial charge on any atom is -0.496 e. The van der Waals surface area contributed by atoms with Gasteiger partial charge in [-0.2, -0.15) is 11.8 Å². The van der Waals surface area contributed by atoms with Gasteiger partial charge in [0, 0.05) is 55.7 Å². The topological polar surface area (TPSA) is 43.4 Å². The summed E-state index contributed by atoms with van der Waals surface area (Å²) < 4.78 is 23.8. The van der Waals surface area contributed by atoms with Crippen LogP contribution in [0.4, 0.5) is 0 Å². The van der Waals surface area contributed by atoms with Crippen molar-refractivity contribution in [3.8, 4) is 17.2 Å². The van der Waals surface area contributed by atoms with E-state index in [1.165, 1.54) is 11.1 Å². The average Bonchev–Trinajstić information content (AvgIpc) is 3.10. The monoisotopic (exact) mass is 514 g/mol. The Morgan fingerprint density at radius 1 is 1.17 bits per heavy atom. The van der Waals surface area contributed by atoms with Gasteiger partial charge in [0.05, 0.1) is 33.7 Å². The summed E-state index contributed by atoms with van der Waals surface area (Å²) in [5, 5.41) is 0.481. The first-order chi connectivity index (χ1) is 17.5. The number of fused-ring (bicyclic) bond motifs is 1. The highest BCUT2D eigenvalue weighted by molar-refractivity contribution is 8.00. The van der Waals surface area contributed by atoms with Crippen LogP contribution in [0.3, 0.4) is 0 Å². The van der Waals surface area contributed by atoms with Gasteiger partial charge in [0.15, 0.2) is 11.5 Å². The third kappa shape index (κ3) is 7.78. The number of para-hydroxylation sites is 1. The van der Waals surface area contributed by atoms with E-state index in [9.17, 15) is 0 Å². The molecule has 0 radical (unpaired) electrons. The van der Waals surface area contributed by atoms with Crippen molar-refractivity contribution in [1.82, 2.24) is 9.80 Å². The molecule has 1 unspecified atom stereocenters. The fourth-order valence-electron chi connectivity index (χ4n) is 4.96. The lowest BCUT2D eigenvalue weighted by Crippen LogP contribution is -2.40. The number of nitrogens with zero attached hydrogens (tertiary/aromatic N) is 2. The van der Waals surface area contributed by atoms with Crippen LogP contribution >= 0.6 is 11.8 Å². The van der Waals surface area contributed by atoms with Crippen molar-refractivity contribution in [2.45, 2.75) is 45.5 Å². The number of hydrogen-bond donors (Lipinski definition) is 0. The standard InChI is InChI=1S/C29H42N2O4S/c1-22(2)16-31(17-24-14-23(3)29-28(15-24)34-11-7-12-35-29)21-33-20-26-19-30(10-13-36-26)18-25-8-5-6-9-27(25)32-4/h5-6,8-9,14-15,22,26H,7,10-13,16-21H2,1-4H3. The third-order valence-electron chi connectivity index (χ3n) is 6.51. The van der Waals surface area contributed by atoms with Crippen LogP contribution in [0, 0.1) is 12.8 Å². The summed E-state index contributed by atoms with van der Waals surface area (Å²) in [5.74, 6) is 4.44. The second-order valence-electron chi connectivity index (χ2n) is 10.2. The van der Waals surface area contributed by atoms with E-state index in [1.54, 1.807) is 7.11 Å². The van der Waals surface area contributed by atoms with Crippen LogP contribution in [0.25, 0.3) is 0 Å². The second-order valence-corrected chi connectivity index (χ2v) is 11.6. The Balaban J connectivity index is 1.30. The quantitative estimate of drug-likeness (QED) is 0.381. The average molecular weight is 515 g/mol. The Morgan fingerprint density at radius 3 is 2.83 bits per heavy atom. The fourth-order valence-corrected chi connectivity index (χ4v) is 6.17. The van der Waals surface area contributed by atoms with Crippen molar-refractivity contribution >= 4 is 11.8 Å². The highest BCUT2D eigenvalue weighted by Gasteiger charge is 2.22. The normalized spacial score (nSPS) is 18.4. The third-order valence-corrected chi connectivity index (χ3v) is 7.68. The summed E-state index contributed by atoms with van der Waals surface area (Å²) in [4.78, 5) is 4.93. The van der Waals surface area contributed by atoms with Crippen LogP contribution in [0.5, 0.6) is 17.2 Å². The zero-order valence-corrected chi connectivity index (χ0v) is 23.1. The van der Waals surface area contributed by atoms with E-state index >= 15 is 0 Å². The number of ether oxygens (including phenoxy) is 4. The maximum Gasteiger partial charge on any atom is 0.164 e. The molecule has 198 valence electrons. The Kier molecular flexibility index (Phi) is 10.2. The van der Waals surface area contributed by atoms with Crippen LogP contribution in [0.15, 0.2) is 36.4 Å². The minimum absolute atomic E-state index is 0.481. The molecule has 0 bridgehead atoms. The Labute approximate surface area is 221 Å². The van der Waals surface area contributed by atoms with E-state index in [0.29, 0.717) is 24.5 Å². The molecule has 0 amide bonds. The zero-order chi connectivity index (χ0) is 25.3. The molecule has 1 fully saturated rings. The highest BCUT2D eigenvalue weighted by atomic mass is 32.2. The molecule has 2 aliphatic rings. The second kappa shape index (κ2) is 13.6. The Hall–Kier alpha value is -1.93. The number of aryl methyl sites for hydroxylation is 1. The molecule has 1 atom stereocenters. The molecule has 7 heteroatoms. The molecule has 6 nitrogen and oxygen atoms in total. The molecule has 0 aromatic heterocycles. The lowest BCUT2D eigenvalue weighted by atomic mass is 10.1. The molecular weight excluding hydrogens is 472 g/mol. The van der Waals surface area contributed by atoms with Crippen LogP contribution in [0.2, 0.25) is 0 Å². The molecule has 0 aliphatic carbocycles. The zero-order valence-electron chi connectivity index (χ0n) is 22.3. The van der Waals surface area contributed by atoms with Gasteiger partial charge in [-0.3, -0.25) is 9.80 Å². The van der Waals surface area contributed by atoms with E-state index in [-0.39, 0.29) is 0 Å². The van der Waals surface area contributed by atoms with Gasteiger partial charge in [-0.1, -0.05) is 38.1 Å². The first-order valence-corrected chi connectivity index (χ1v) is 14.2. The molecule has 2 heterocycles. The maximum absolute atomic E-state index is 6.31. The number of benzene rings is 2. The van der Waals surface area contributed by atoms with E-state index in [0.717, 1.165) is 80.9 Å². The Morgan fingerprint density at radius 2 is 2.00 bits per heavy atom. The molecule has 36 heavy (non-hydrogen) atoms. The van der Waals surface area contributed by atoms with Gasteiger partial charge in [-0.25, -0.2) is 0 Å². The number of rotatable bonds is 11. The molecule has 2 aliphatic heterocycles. The predicted molar refractivity (Wildman–Crippen MR) is 147 cm³/mol. The molecule has 1 saturated heterocycles. The minimum atomic E-state index is 0.481. The molecule has 0 spiro atoms. The van der Waals surface area contributed by atoms with E-state index in [4.69, 9.17) is 18.9 Å². The smallest absolute Gasteiger partial charge is 0.164 e. The number of methoxy groups -OCH3 is 1. The fraction of sp³-hybridized carbons (Fsp3) is 0.586. The molecule has 0 saturated carbocycles. The number of thioether (sulfide) groups is 1. The van der Waals surface area contributed by atoms with Crippen molar-refractivity contribution in [1.29, 1.82) is 0 Å². The highest BCUT2D eigenvalue weighted by Crippen LogP contribution is 2.35. The first-order valence-electron chi connectivity index (χ1n) is 13.2. The lowest BCUT2D eigenvalue weighted by Gasteiger charge is -2.33. The van der Waals surface area contributed by atoms with Gasteiger partial charge in [0.1, 0.15) is 5.75 Å². The van der Waals surface area contributed by atoms with Gasteiger partial charge >= 0.3 is 0 Å². The van der Waals surface area contributed by atoms with Crippen LogP contribution < -0.4 is 14.2 Å². The maximum atomic E-state index is 6.31. The van der Waals surface area contributed by atoms with Gasteiger partial charge < -0.3 is 18.9 Å². The van der Waals surface area contributed by atoms with E-state index in [1.807, 2.05) is 23.9 Å².